The van der Waals surface area contributed by atoms with E-state index in [2.05, 4.69) is 4.98 Å². The largest absolute Gasteiger partial charge is 0.331 e. The Morgan fingerprint density at radius 2 is 2.12 bits per heavy atom. The maximum absolute atomic E-state index is 12.7. The summed E-state index contributed by atoms with van der Waals surface area (Å²) in [6.45, 7) is 0.568. The fourth-order valence-corrected chi connectivity index (χ4v) is 4.32. The van der Waals surface area contributed by atoms with Gasteiger partial charge in [0.15, 0.2) is 0 Å². The molecule has 0 saturated carbocycles. The summed E-state index contributed by atoms with van der Waals surface area (Å²) in [4.78, 5) is 29.8. The molecule has 8 heteroatoms. The van der Waals surface area contributed by atoms with Crippen LogP contribution in [0.3, 0.4) is 0 Å². The molecule has 0 aliphatic carbocycles. The maximum atomic E-state index is 12.7. The number of aromatic nitrogens is 3. The van der Waals surface area contributed by atoms with Crippen molar-refractivity contribution in [1.82, 2.24) is 14.1 Å². The van der Waals surface area contributed by atoms with Crippen molar-refractivity contribution in [3.05, 3.63) is 72.5 Å². The number of benzene rings is 1. The summed E-state index contributed by atoms with van der Waals surface area (Å²) >= 11 is 7.60. The third-order valence-corrected chi connectivity index (χ3v) is 5.67. The van der Waals surface area contributed by atoms with Crippen LogP contribution in [0.5, 0.6) is 0 Å². The highest BCUT2D eigenvalue weighted by Gasteiger charge is 2.23. The molecule has 1 aliphatic rings. The SMILES string of the molecule is N#Cc1c2n(c(=O)n(Cc3csc(-c4ccccc4Cl)n3)c1=O)CCC2. The van der Waals surface area contributed by atoms with Gasteiger partial charge in [0.1, 0.15) is 16.6 Å². The molecule has 0 unspecified atom stereocenters. The molecule has 6 nitrogen and oxygen atoms in total. The van der Waals surface area contributed by atoms with Gasteiger partial charge in [-0.1, -0.05) is 29.8 Å². The average Bonchev–Trinajstić information content (AvgIpc) is 3.29. The zero-order valence-corrected chi connectivity index (χ0v) is 15.2. The van der Waals surface area contributed by atoms with E-state index in [1.165, 1.54) is 15.9 Å². The van der Waals surface area contributed by atoms with Crippen molar-refractivity contribution in [3.8, 4) is 16.6 Å². The van der Waals surface area contributed by atoms with Gasteiger partial charge in [-0.25, -0.2) is 9.78 Å². The number of thiazole rings is 1. The van der Waals surface area contributed by atoms with Crippen LogP contribution in [0.15, 0.2) is 39.2 Å². The molecule has 4 rings (SSSR count). The predicted molar refractivity (Wildman–Crippen MR) is 99.7 cm³/mol. The van der Waals surface area contributed by atoms with Crippen molar-refractivity contribution in [2.75, 3.05) is 0 Å². The monoisotopic (exact) mass is 384 g/mol. The van der Waals surface area contributed by atoms with E-state index in [0.717, 1.165) is 21.6 Å². The van der Waals surface area contributed by atoms with E-state index in [0.29, 0.717) is 29.4 Å². The number of hydrogen-bond acceptors (Lipinski definition) is 5. The second-order valence-electron chi connectivity index (χ2n) is 5.99. The lowest BCUT2D eigenvalue weighted by Crippen LogP contribution is -2.42. The summed E-state index contributed by atoms with van der Waals surface area (Å²) in [5.41, 5.74) is 1.08. The molecule has 0 amide bonds. The normalized spacial score (nSPS) is 12.8. The topological polar surface area (TPSA) is 80.7 Å². The van der Waals surface area contributed by atoms with Crippen LogP contribution in [0, 0.1) is 11.3 Å². The Morgan fingerprint density at radius 3 is 2.88 bits per heavy atom. The van der Waals surface area contributed by atoms with E-state index in [1.54, 1.807) is 11.4 Å². The first-order valence-corrected chi connectivity index (χ1v) is 9.32. The molecule has 0 fully saturated rings. The van der Waals surface area contributed by atoms with Gasteiger partial charge in [-0.3, -0.25) is 13.9 Å². The summed E-state index contributed by atoms with van der Waals surface area (Å²) in [7, 11) is 0. The number of hydrogen-bond donors (Lipinski definition) is 0. The molecule has 26 heavy (non-hydrogen) atoms. The summed E-state index contributed by atoms with van der Waals surface area (Å²) in [5, 5.41) is 12.5. The van der Waals surface area contributed by atoms with Gasteiger partial charge in [-0.2, -0.15) is 5.26 Å². The van der Waals surface area contributed by atoms with Gasteiger partial charge < -0.3 is 0 Å². The van der Waals surface area contributed by atoms with E-state index < -0.39 is 5.56 Å². The lowest BCUT2D eigenvalue weighted by Gasteiger charge is -2.09. The minimum atomic E-state index is -0.544. The summed E-state index contributed by atoms with van der Waals surface area (Å²) in [6.07, 6.45) is 1.35. The smallest absolute Gasteiger partial charge is 0.296 e. The Balaban J connectivity index is 1.76. The van der Waals surface area contributed by atoms with Crippen LogP contribution >= 0.6 is 22.9 Å². The Kier molecular flexibility index (Phi) is 4.23. The molecule has 0 atom stereocenters. The number of rotatable bonds is 3. The van der Waals surface area contributed by atoms with Crippen molar-refractivity contribution < 1.29 is 0 Å². The van der Waals surface area contributed by atoms with E-state index in [1.807, 2.05) is 24.3 Å². The molecule has 3 heterocycles. The molecule has 0 spiro atoms. The maximum Gasteiger partial charge on any atom is 0.331 e. The van der Waals surface area contributed by atoms with Crippen LogP contribution in [0.25, 0.3) is 10.6 Å². The molecule has 2 aromatic heterocycles. The molecule has 0 radical (unpaired) electrons. The summed E-state index contributed by atoms with van der Waals surface area (Å²) in [6, 6.07) is 9.33. The molecule has 0 N–H and O–H groups in total. The van der Waals surface area contributed by atoms with Crippen molar-refractivity contribution in [2.24, 2.45) is 0 Å². The molecule has 0 saturated heterocycles. The highest BCUT2D eigenvalue weighted by atomic mass is 35.5. The fourth-order valence-electron chi connectivity index (χ4n) is 3.19. The molecule has 130 valence electrons. The second kappa shape index (κ2) is 6.56. The minimum Gasteiger partial charge on any atom is -0.296 e. The lowest BCUT2D eigenvalue weighted by atomic mass is 10.2. The van der Waals surface area contributed by atoms with Crippen LogP contribution in [0.2, 0.25) is 5.02 Å². The van der Waals surface area contributed by atoms with Gasteiger partial charge >= 0.3 is 5.69 Å². The Bertz CT molecular complexity index is 1170. The second-order valence-corrected chi connectivity index (χ2v) is 7.25. The first-order valence-electron chi connectivity index (χ1n) is 8.06. The standard InChI is InChI=1S/C18H13ClN4O2S/c19-14-5-2-1-4-12(14)16-21-11(10-26-16)9-23-17(24)13(8-20)15-6-3-7-22(15)18(23)25/h1-2,4-5,10H,3,6-7,9H2. The van der Waals surface area contributed by atoms with E-state index >= 15 is 0 Å². The molecular formula is C18H13ClN4O2S. The Hall–Kier alpha value is -2.69. The van der Waals surface area contributed by atoms with Gasteiger partial charge in [-0.05, 0) is 18.9 Å². The first-order chi connectivity index (χ1) is 12.6. The first kappa shape index (κ1) is 16.8. The van der Waals surface area contributed by atoms with Gasteiger partial charge in [0.25, 0.3) is 5.56 Å². The lowest BCUT2D eigenvalue weighted by molar-refractivity contribution is 0.598. The third kappa shape index (κ3) is 2.68. The quantitative estimate of drug-likeness (QED) is 0.695. The number of nitrogens with zero attached hydrogens (tertiary/aromatic N) is 4. The minimum absolute atomic E-state index is 0.0353. The highest BCUT2D eigenvalue weighted by molar-refractivity contribution is 7.13. The van der Waals surface area contributed by atoms with Crippen molar-refractivity contribution in [2.45, 2.75) is 25.9 Å². The summed E-state index contributed by atoms with van der Waals surface area (Å²) < 4.78 is 2.63. The summed E-state index contributed by atoms with van der Waals surface area (Å²) in [5.74, 6) is 0. The van der Waals surface area contributed by atoms with Gasteiger partial charge in [0, 0.05) is 23.2 Å². The molecule has 0 bridgehead atoms. The van der Waals surface area contributed by atoms with Gasteiger partial charge in [0.05, 0.1) is 17.3 Å². The van der Waals surface area contributed by atoms with Crippen molar-refractivity contribution >= 4 is 22.9 Å². The zero-order chi connectivity index (χ0) is 18.3. The zero-order valence-electron chi connectivity index (χ0n) is 13.6. The van der Waals surface area contributed by atoms with E-state index in [9.17, 15) is 14.9 Å². The predicted octanol–water partition coefficient (Wildman–Crippen LogP) is 2.65. The number of nitriles is 1. The number of halogens is 1. The van der Waals surface area contributed by atoms with Crippen molar-refractivity contribution in [3.63, 3.8) is 0 Å². The van der Waals surface area contributed by atoms with Crippen LogP contribution in [-0.2, 0) is 19.5 Å². The van der Waals surface area contributed by atoms with Crippen LogP contribution in [0.1, 0.15) is 23.4 Å². The Labute approximate surface area is 157 Å². The van der Waals surface area contributed by atoms with Crippen LogP contribution in [-0.4, -0.2) is 14.1 Å². The highest BCUT2D eigenvalue weighted by Crippen LogP contribution is 2.30. The molecular weight excluding hydrogens is 372 g/mol. The van der Waals surface area contributed by atoms with Crippen molar-refractivity contribution in [1.29, 1.82) is 5.26 Å². The number of fused-ring (bicyclic) bond motifs is 1. The molecule has 3 aromatic rings. The molecule has 1 aliphatic heterocycles. The van der Waals surface area contributed by atoms with Crippen LogP contribution in [0.4, 0.5) is 0 Å². The van der Waals surface area contributed by atoms with E-state index in [4.69, 9.17) is 11.6 Å². The van der Waals surface area contributed by atoms with E-state index in [-0.39, 0.29) is 17.8 Å². The molecule has 1 aromatic carbocycles. The Morgan fingerprint density at radius 1 is 1.31 bits per heavy atom. The third-order valence-electron chi connectivity index (χ3n) is 4.42. The van der Waals surface area contributed by atoms with Gasteiger partial charge in [0.2, 0.25) is 0 Å². The fraction of sp³-hybridized carbons (Fsp3) is 0.222. The average molecular weight is 385 g/mol. The van der Waals surface area contributed by atoms with Gasteiger partial charge in [-0.15, -0.1) is 11.3 Å². The van der Waals surface area contributed by atoms with Crippen LogP contribution < -0.4 is 11.2 Å².